The molecule has 1 aromatic rings. The average molecular weight is 326 g/mol. The number of primary amides is 1. The summed E-state index contributed by atoms with van der Waals surface area (Å²) in [6.07, 6.45) is 1.58. The van der Waals surface area contributed by atoms with Crippen molar-refractivity contribution in [3.8, 4) is 0 Å². The van der Waals surface area contributed by atoms with Gasteiger partial charge in [0.05, 0.1) is 11.3 Å². The van der Waals surface area contributed by atoms with Crippen LogP contribution in [0.3, 0.4) is 0 Å². The van der Waals surface area contributed by atoms with E-state index in [1.807, 2.05) is 11.8 Å². The van der Waals surface area contributed by atoms with Crippen molar-refractivity contribution in [2.75, 3.05) is 41.8 Å². The van der Waals surface area contributed by atoms with Crippen LogP contribution in [0.15, 0.2) is 12.7 Å². The highest BCUT2D eigenvalue weighted by atomic mass is 32.2. The molecule has 5 N–H and O–H groups in total. The summed E-state index contributed by atoms with van der Waals surface area (Å²) in [6, 6.07) is 0. The first-order valence-electron chi connectivity index (χ1n) is 6.50. The van der Waals surface area contributed by atoms with Crippen molar-refractivity contribution < 1.29 is 9.59 Å². The van der Waals surface area contributed by atoms with Crippen molar-refractivity contribution in [1.82, 2.24) is 5.32 Å². The lowest BCUT2D eigenvalue weighted by Gasteiger charge is -2.27. The number of thioether (sulfide) groups is 1. The molecule has 2 heterocycles. The summed E-state index contributed by atoms with van der Waals surface area (Å²) in [7, 11) is 0. The minimum absolute atomic E-state index is 0.169. The second-order valence-electron chi connectivity index (χ2n) is 4.49. The van der Waals surface area contributed by atoms with Crippen molar-refractivity contribution >= 4 is 45.6 Å². The zero-order valence-electron chi connectivity index (χ0n) is 11.6. The van der Waals surface area contributed by atoms with E-state index in [0.29, 0.717) is 16.4 Å². The van der Waals surface area contributed by atoms with Crippen molar-refractivity contribution in [2.24, 2.45) is 5.73 Å². The van der Waals surface area contributed by atoms with Gasteiger partial charge in [0, 0.05) is 31.1 Å². The van der Waals surface area contributed by atoms with Crippen molar-refractivity contribution in [2.45, 2.75) is 0 Å². The third kappa shape index (κ3) is 3.33. The highest BCUT2D eigenvalue weighted by molar-refractivity contribution is 7.99. The zero-order valence-corrected chi connectivity index (χ0v) is 13.2. The van der Waals surface area contributed by atoms with Crippen LogP contribution in [0.4, 0.5) is 10.7 Å². The van der Waals surface area contributed by atoms with Gasteiger partial charge in [0.15, 0.2) is 0 Å². The number of nitrogens with two attached hydrogens (primary N) is 2. The number of nitrogens with zero attached hydrogens (tertiary/aromatic N) is 1. The molecule has 1 fully saturated rings. The van der Waals surface area contributed by atoms with E-state index in [1.54, 1.807) is 6.08 Å². The van der Waals surface area contributed by atoms with Gasteiger partial charge in [0.1, 0.15) is 9.88 Å². The van der Waals surface area contributed by atoms with Crippen molar-refractivity contribution in [1.29, 1.82) is 0 Å². The number of thiophene rings is 1. The lowest BCUT2D eigenvalue weighted by atomic mass is 10.2. The van der Waals surface area contributed by atoms with Crippen LogP contribution in [-0.4, -0.2) is 43.0 Å². The molecule has 0 aliphatic carbocycles. The molecule has 0 atom stereocenters. The van der Waals surface area contributed by atoms with Gasteiger partial charge in [0.25, 0.3) is 11.8 Å². The molecule has 8 heteroatoms. The third-order valence-corrected chi connectivity index (χ3v) is 5.29. The number of carbonyl (C=O) groups excluding carboxylic acids is 2. The number of amides is 2. The molecule has 1 saturated heterocycles. The average Bonchev–Trinajstić information content (AvgIpc) is 2.83. The Morgan fingerprint density at radius 3 is 2.62 bits per heavy atom. The summed E-state index contributed by atoms with van der Waals surface area (Å²) in [5, 5.41) is 3.37. The van der Waals surface area contributed by atoms with Crippen LogP contribution in [0.25, 0.3) is 0 Å². The van der Waals surface area contributed by atoms with E-state index in [9.17, 15) is 9.59 Å². The van der Waals surface area contributed by atoms with Crippen LogP contribution in [0.1, 0.15) is 20.0 Å². The molecular formula is C13H18N4O2S2. The van der Waals surface area contributed by atoms with Gasteiger partial charge in [-0.05, 0) is 0 Å². The van der Waals surface area contributed by atoms with Gasteiger partial charge in [0.2, 0.25) is 0 Å². The minimum atomic E-state index is -0.597. The largest absolute Gasteiger partial charge is 0.397 e. The molecule has 1 aliphatic heterocycles. The fourth-order valence-electron chi connectivity index (χ4n) is 2.07. The molecule has 21 heavy (non-hydrogen) atoms. The first kappa shape index (κ1) is 15.7. The molecule has 1 aromatic heterocycles. The Morgan fingerprint density at radius 2 is 2.05 bits per heavy atom. The van der Waals surface area contributed by atoms with E-state index in [0.717, 1.165) is 24.6 Å². The summed E-state index contributed by atoms with van der Waals surface area (Å²) in [5.41, 5.74) is 11.8. The number of nitrogens with one attached hydrogen (secondary N) is 1. The molecule has 0 aromatic carbocycles. The summed E-state index contributed by atoms with van der Waals surface area (Å²) in [5.74, 6) is 1.06. The molecule has 0 bridgehead atoms. The molecule has 1 aliphatic rings. The zero-order chi connectivity index (χ0) is 15.4. The van der Waals surface area contributed by atoms with E-state index >= 15 is 0 Å². The standard InChI is InChI=1S/C13H18N4O2S2/c1-2-3-16-12(19)10-9(14)8(11(15)18)13(21-10)17-4-6-20-7-5-17/h2H,1,3-7,14H2,(H2,15,18)(H,16,19). The molecule has 114 valence electrons. The molecular weight excluding hydrogens is 308 g/mol. The fourth-order valence-corrected chi connectivity index (χ4v) is 4.17. The van der Waals surface area contributed by atoms with Gasteiger partial charge in [-0.25, -0.2) is 0 Å². The maximum absolute atomic E-state index is 12.1. The van der Waals surface area contributed by atoms with Gasteiger partial charge in [-0.3, -0.25) is 9.59 Å². The maximum atomic E-state index is 12.1. The van der Waals surface area contributed by atoms with Gasteiger partial charge in [-0.1, -0.05) is 6.08 Å². The maximum Gasteiger partial charge on any atom is 0.263 e. The number of anilines is 2. The quantitative estimate of drug-likeness (QED) is 0.698. The van der Waals surface area contributed by atoms with E-state index in [1.165, 1.54) is 11.3 Å². The second kappa shape index (κ2) is 6.86. The summed E-state index contributed by atoms with van der Waals surface area (Å²) < 4.78 is 0. The smallest absolute Gasteiger partial charge is 0.263 e. The highest BCUT2D eigenvalue weighted by Crippen LogP contribution is 2.38. The van der Waals surface area contributed by atoms with E-state index in [-0.39, 0.29) is 17.2 Å². The van der Waals surface area contributed by atoms with Crippen LogP contribution in [0.2, 0.25) is 0 Å². The number of rotatable bonds is 5. The predicted molar refractivity (Wildman–Crippen MR) is 89.3 cm³/mol. The number of hydrogen-bond donors (Lipinski definition) is 3. The topological polar surface area (TPSA) is 101 Å². The Bertz CT molecular complexity index is 565. The Labute approximate surface area is 131 Å². The molecule has 0 unspecified atom stereocenters. The second-order valence-corrected chi connectivity index (χ2v) is 6.71. The van der Waals surface area contributed by atoms with Crippen LogP contribution in [0, 0.1) is 0 Å². The fraction of sp³-hybridized carbons (Fsp3) is 0.385. The Morgan fingerprint density at radius 1 is 1.38 bits per heavy atom. The van der Waals surface area contributed by atoms with Gasteiger partial charge in [-0.15, -0.1) is 17.9 Å². The molecule has 0 spiro atoms. The Balaban J connectivity index is 2.37. The van der Waals surface area contributed by atoms with E-state index < -0.39 is 5.91 Å². The first-order chi connectivity index (χ1) is 10.1. The summed E-state index contributed by atoms with van der Waals surface area (Å²) >= 11 is 3.09. The van der Waals surface area contributed by atoms with Gasteiger partial charge >= 0.3 is 0 Å². The SMILES string of the molecule is C=CCNC(=O)c1sc(N2CCSCC2)c(C(N)=O)c1N. The predicted octanol–water partition coefficient (Wildman–Crippen LogP) is 0.898. The summed E-state index contributed by atoms with van der Waals surface area (Å²) in [6.45, 7) is 5.53. The summed E-state index contributed by atoms with van der Waals surface area (Å²) in [4.78, 5) is 26.2. The monoisotopic (exact) mass is 326 g/mol. The lowest BCUT2D eigenvalue weighted by Crippen LogP contribution is -2.33. The van der Waals surface area contributed by atoms with Crippen LogP contribution in [0.5, 0.6) is 0 Å². The van der Waals surface area contributed by atoms with E-state index in [2.05, 4.69) is 16.8 Å². The molecule has 2 rings (SSSR count). The van der Waals surface area contributed by atoms with Gasteiger partial charge in [-0.2, -0.15) is 11.8 Å². The molecule has 2 amide bonds. The minimum Gasteiger partial charge on any atom is -0.397 e. The molecule has 0 radical (unpaired) electrons. The number of hydrogen-bond acceptors (Lipinski definition) is 6. The number of nitrogen functional groups attached to an aromatic ring is 1. The van der Waals surface area contributed by atoms with Crippen molar-refractivity contribution in [3.05, 3.63) is 23.1 Å². The normalized spacial score (nSPS) is 14.8. The van der Waals surface area contributed by atoms with Gasteiger partial charge < -0.3 is 21.7 Å². The highest BCUT2D eigenvalue weighted by Gasteiger charge is 2.27. The Hall–Kier alpha value is -1.67. The molecule has 6 nitrogen and oxygen atoms in total. The first-order valence-corrected chi connectivity index (χ1v) is 8.47. The van der Waals surface area contributed by atoms with E-state index in [4.69, 9.17) is 11.5 Å². The Kier molecular flexibility index (Phi) is 5.13. The molecule has 0 saturated carbocycles. The van der Waals surface area contributed by atoms with Crippen LogP contribution < -0.4 is 21.7 Å². The van der Waals surface area contributed by atoms with Crippen LogP contribution >= 0.6 is 23.1 Å². The van der Waals surface area contributed by atoms with Crippen molar-refractivity contribution in [3.63, 3.8) is 0 Å². The third-order valence-electron chi connectivity index (χ3n) is 3.08. The lowest BCUT2D eigenvalue weighted by molar-refractivity contribution is 0.0962. The van der Waals surface area contributed by atoms with Crippen LogP contribution in [-0.2, 0) is 0 Å². The number of carbonyl (C=O) groups is 2.